The summed E-state index contributed by atoms with van der Waals surface area (Å²) in [6.07, 6.45) is 0. The molecule has 0 heterocycles. The van der Waals surface area contributed by atoms with Crippen LogP contribution in [0, 0.1) is 10.1 Å². The van der Waals surface area contributed by atoms with Gasteiger partial charge in [-0.1, -0.05) is 0 Å². The Hall–Kier alpha value is 0.126. The van der Waals surface area contributed by atoms with Gasteiger partial charge in [-0.2, -0.15) is 0 Å². The number of nitrogens with zero attached hydrogens (tertiary/aromatic N) is 1. The molecule has 0 aliphatic heterocycles. The quantitative estimate of drug-likeness (QED) is 0.231. The van der Waals surface area contributed by atoms with Crippen molar-refractivity contribution in [2.75, 3.05) is 0 Å². The number of hydrogen-bond acceptors (Lipinski definition) is 4. The predicted molar refractivity (Wildman–Crippen MR) is 16.9 cm³/mol. The number of rotatable bonds is 0. The van der Waals surface area contributed by atoms with Gasteiger partial charge in [0.15, 0.2) is 0 Å². The van der Waals surface area contributed by atoms with E-state index in [0.717, 1.165) is 5.34 Å². The van der Waals surface area contributed by atoms with E-state index < -0.39 is 0 Å². The molecular formula is HMgNO3. The first kappa shape index (κ1) is 19.3. The minimum atomic E-state index is 0. The summed E-state index contributed by atoms with van der Waals surface area (Å²) < 4.78 is 0. The predicted octanol–water partition coefficient (Wildman–Crippen LogP) is -0.307. The van der Waals surface area contributed by atoms with Crippen LogP contribution in [0.25, 0.3) is 0 Å². The van der Waals surface area contributed by atoms with Gasteiger partial charge in [0.2, 0.25) is 0 Å². The standard InChI is InChI=1S/Mg.HNO2.H2O/c;2-1-3;/h;(H,2,3);1H2/q+2;;/p-2. The molecule has 0 atom stereocenters. The molecule has 0 amide bonds. The van der Waals surface area contributed by atoms with Crippen molar-refractivity contribution in [1.29, 1.82) is 0 Å². The Kier molecular flexibility index (Phi) is 123. The normalized spacial score (nSPS) is 2.40. The Balaban J connectivity index is -0.0000000200. The largest absolute Gasteiger partial charge is 2.00 e. The first-order chi connectivity index (χ1) is 1.41. The maximum absolute atomic E-state index is 8.00. The molecule has 0 saturated carbocycles. The van der Waals surface area contributed by atoms with Gasteiger partial charge in [-0.3, -0.25) is 0 Å². The molecule has 0 radical (unpaired) electrons. The van der Waals surface area contributed by atoms with Gasteiger partial charge in [-0.05, 0) is 0 Å². The van der Waals surface area contributed by atoms with Crippen LogP contribution in [0.5, 0.6) is 0 Å². The summed E-state index contributed by atoms with van der Waals surface area (Å²) in [5, 5.41) is 9.00. The molecule has 0 unspecified atom stereocenters. The third-order valence-electron chi connectivity index (χ3n) is 0. The molecule has 1 N–H and O–H groups in total. The monoisotopic (exact) mass is 87.0 g/mol. The molecule has 5 heteroatoms. The SMILES string of the molecule is O=N[O-].[Mg+2].[OH-]. The van der Waals surface area contributed by atoms with Crippen LogP contribution in [-0.4, -0.2) is 28.5 Å². The van der Waals surface area contributed by atoms with Crippen LogP contribution in [0.3, 0.4) is 0 Å². The second-order valence-electron chi connectivity index (χ2n) is 0.0745. The first-order valence-electron chi connectivity index (χ1n) is 0.365. The summed E-state index contributed by atoms with van der Waals surface area (Å²) in [7, 11) is 0. The summed E-state index contributed by atoms with van der Waals surface area (Å²) in [4.78, 5) is 8.00. The topological polar surface area (TPSA) is 82.5 Å². The van der Waals surface area contributed by atoms with Crippen LogP contribution in [0.4, 0.5) is 0 Å². The second-order valence-corrected chi connectivity index (χ2v) is 0.0745. The third kappa shape index (κ3) is 1170. The zero-order chi connectivity index (χ0) is 2.71. The van der Waals surface area contributed by atoms with Crippen molar-refractivity contribution in [1.82, 2.24) is 0 Å². The van der Waals surface area contributed by atoms with Crippen molar-refractivity contribution >= 4 is 23.1 Å². The smallest absolute Gasteiger partial charge is 0.870 e. The van der Waals surface area contributed by atoms with E-state index >= 15 is 0 Å². The molecule has 0 aliphatic carbocycles. The van der Waals surface area contributed by atoms with Gasteiger partial charge >= 0.3 is 23.1 Å². The summed E-state index contributed by atoms with van der Waals surface area (Å²) >= 11 is 0. The van der Waals surface area contributed by atoms with Crippen molar-refractivity contribution in [3.63, 3.8) is 0 Å². The van der Waals surface area contributed by atoms with E-state index in [2.05, 4.69) is 0 Å². The molecule has 26 valence electrons. The molecule has 0 aromatic heterocycles. The molecule has 0 fully saturated rings. The molecule has 0 aliphatic rings. The zero-order valence-electron chi connectivity index (χ0n) is 2.42. The van der Waals surface area contributed by atoms with Crippen molar-refractivity contribution in [2.24, 2.45) is 5.34 Å². The fraction of sp³-hybridized carbons (Fsp3) is 0. The van der Waals surface area contributed by atoms with E-state index in [1.165, 1.54) is 0 Å². The van der Waals surface area contributed by atoms with Crippen LogP contribution >= 0.6 is 0 Å². The van der Waals surface area contributed by atoms with E-state index in [0.29, 0.717) is 0 Å². The average molecular weight is 87.3 g/mol. The Morgan fingerprint density at radius 2 is 1.60 bits per heavy atom. The summed E-state index contributed by atoms with van der Waals surface area (Å²) in [6.45, 7) is 0. The van der Waals surface area contributed by atoms with Crippen molar-refractivity contribution in [3.05, 3.63) is 10.1 Å². The van der Waals surface area contributed by atoms with E-state index in [1.807, 2.05) is 0 Å². The number of hydrogen-bond donors (Lipinski definition) is 0. The zero-order valence-corrected chi connectivity index (χ0v) is 3.83. The van der Waals surface area contributed by atoms with Gasteiger partial charge in [0, 0.05) is 0 Å². The Labute approximate surface area is 44.6 Å². The summed E-state index contributed by atoms with van der Waals surface area (Å²) in [5.41, 5.74) is 0. The fourth-order valence-electron chi connectivity index (χ4n) is 0. The first-order valence-corrected chi connectivity index (χ1v) is 0.365. The van der Waals surface area contributed by atoms with E-state index in [4.69, 9.17) is 10.1 Å². The third-order valence-corrected chi connectivity index (χ3v) is 0. The molecule has 0 rings (SSSR count). The van der Waals surface area contributed by atoms with Crippen LogP contribution in [0.1, 0.15) is 0 Å². The summed E-state index contributed by atoms with van der Waals surface area (Å²) in [6, 6.07) is 0. The molecule has 0 aromatic carbocycles. The second kappa shape index (κ2) is 31.8. The molecule has 0 aromatic rings. The Morgan fingerprint density at radius 3 is 1.60 bits per heavy atom. The molecule has 4 nitrogen and oxygen atoms in total. The van der Waals surface area contributed by atoms with Crippen molar-refractivity contribution in [2.45, 2.75) is 0 Å². The van der Waals surface area contributed by atoms with Crippen molar-refractivity contribution < 1.29 is 5.48 Å². The van der Waals surface area contributed by atoms with Gasteiger partial charge < -0.3 is 15.6 Å². The average Bonchev–Trinajstić information content (AvgIpc) is 0.918. The molecule has 0 bridgehead atoms. The van der Waals surface area contributed by atoms with Crippen LogP contribution < -0.4 is 0 Å². The van der Waals surface area contributed by atoms with Gasteiger partial charge in [-0.25, -0.2) is 0 Å². The minimum Gasteiger partial charge on any atom is -0.870 e. The Bertz CT molecular complexity index is 14.4. The van der Waals surface area contributed by atoms with E-state index in [1.54, 1.807) is 0 Å². The Morgan fingerprint density at radius 1 is 1.60 bits per heavy atom. The van der Waals surface area contributed by atoms with Crippen LogP contribution in [-0.2, 0) is 0 Å². The maximum atomic E-state index is 8.00. The van der Waals surface area contributed by atoms with Gasteiger partial charge in [-0.15, -0.1) is 5.34 Å². The fourth-order valence-corrected chi connectivity index (χ4v) is 0. The van der Waals surface area contributed by atoms with E-state index in [9.17, 15) is 0 Å². The van der Waals surface area contributed by atoms with Crippen LogP contribution in [0.15, 0.2) is 5.34 Å². The van der Waals surface area contributed by atoms with Gasteiger partial charge in [0.05, 0.1) is 0 Å². The maximum Gasteiger partial charge on any atom is 2.00 e. The minimum absolute atomic E-state index is 0. The molecule has 5 heavy (non-hydrogen) atoms. The van der Waals surface area contributed by atoms with Gasteiger partial charge in [0.1, 0.15) is 0 Å². The molecule has 0 spiro atoms. The molecular weight excluding hydrogens is 86.3 g/mol. The van der Waals surface area contributed by atoms with Gasteiger partial charge in [0.25, 0.3) is 0 Å². The van der Waals surface area contributed by atoms with Crippen molar-refractivity contribution in [3.8, 4) is 0 Å². The van der Waals surface area contributed by atoms with Crippen LogP contribution in [0.2, 0.25) is 0 Å². The molecule has 0 saturated heterocycles. The summed E-state index contributed by atoms with van der Waals surface area (Å²) in [5.74, 6) is 0. The van der Waals surface area contributed by atoms with E-state index in [-0.39, 0.29) is 28.5 Å².